The van der Waals surface area contributed by atoms with Crippen LogP contribution < -0.4 is 4.72 Å². The lowest BCUT2D eigenvalue weighted by Gasteiger charge is -2.46. The second kappa shape index (κ2) is 7.09. The van der Waals surface area contributed by atoms with Crippen LogP contribution in [0.25, 0.3) is 0 Å². The van der Waals surface area contributed by atoms with E-state index in [-0.39, 0.29) is 16.6 Å². The minimum absolute atomic E-state index is 0.282. The van der Waals surface area contributed by atoms with Gasteiger partial charge in [-0.3, -0.25) is 4.90 Å². The molecule has 2 aliphatic heterocycles. The summed E-state index contributed by atoms with van der Waals surface area (Å²) in [5.41, 5.74) is 0.741. The van der Waals surface area contributed by atoms with Gasteiger partial charge in [0.05, 0.1) is 16.6 Å². The van der Waals surface area contributed by atoms with Crippen LogP contribution in [-0.4, -0.2) is 56.9 Å². The Kier molecular flexibility index (Phi) is 5.27. The first-order valence-electron chi connectivity index (χ1n) is 8.52. The van der Waals surface area contributed by atoms with Crippen LogP contribution in [0, 0.1) is 0 Å². The number of nitrogens with one attached hydrogen (secondary N) is 1. The fourth-order valence-corrected chi connectivity index (χ4v) is 4.36. The first-order valence-corrected chi connectivity index (χ1v) is 10.0. The molecular weight excluding hydrogens is 328 g/mol. The number of aliphatic hydroxyl groups excluding tert-OH is 1. The van der Waals surface area contributed by atoms with E-state index in [1.807, 2.05) is 12.1 Å². The van der Waals surface area contributed by atoms with Gasteiger partial charge >= 0.3 is 0 Å². The fourth-order valence-electron chi connectivity index (χ4n) is 3.63. The molecule has 2 fully saturated rings. The molecule has 3 rings (SSSR count). The van der Waals surface area contributed by atoms with Crippen molar-refractivity contribution in [3.63, 3.8) is 0 Å². The first-order chi connectivity index (χ1) is 11.5. The summed E-state index contributed by atoms with van der Waals surface area (Å²) in [6.07, 6.45) is 3.12. The zero-order chi connectivity index (χ0) is 17.2. The Morgan fingerprint density at radius 2 is 1.96 bits per heavy atom. The number of benzene rings is 1. The van der Waals surface area contributed by atoms with Crippen molar-refractivity contribution in [1.82, 2.24) is 9.62 Å². The molecule has 2 aliphatic rings. The summed E-state index contributed by atoms with van der Waals surface area (Å²) < 4.78 is 31.7. The van der Waals surface area contributed by atoms with Crippen molar-refractivity contribution < 1.29 is 18.3 Å². The summed E-state index contributed by atoms with van der Waals surface area (Å²) in [6, 6.07) is 7.00. The second-order valence-corrected chi connectivity index (χ2v) is 8.59. The number of aliphatic hydroxyl groups is 1. The molecule has 2 N–H and O–H groups in total. The van der Waals surface area contributed by atoms with E-state index >= 15 is 0 Å². The normalized spacial score (nSPS) is 25.0. The summed E-state index contributed by atoms with van der Waals surface area (Å²) in [5.74, 6) is 0. The lowest BCUT2D eigenvalue weighted by molar-refractivity contribution is -0.177. The van der Waals surface area contributed by atoms with Crippen molar-refractivity contribution in [2.45, 2.75) is 48.8 Å². The Bertz CT molecular complexity index is 652. The van der Waals surface area contributed by atoms with E-state index in [1.54, 1.807) is 12.1 Å². The number of nitrogens with zero attached hydrogens (tertiary/aromatic N) is 1. The quantitative estimate of drug-likeness (QED) is 0.847. The van der Waals surface area contributed by atoms with Crippen LogP contribution in [0.1, 0.15) is 31.2 Å². The molecule has 0 radical (unpaired) electrons. The monoisotopic (exact) mass is 354 g/mol. The van der Waals surface area contributed by atoms with Gasteiger partial charge in [-0.15, -0.1) is 0 Å². The Morgan fingerprint density at radius 3 is 2.54 bits per heavy atom. The molecule has 2 heterocycles. The lowest BCUT2D eigenvalue weighted by atomic mass is 9.82. The van der Waals surface area contributed by atoms with E-state index in [4.69, 9.17) is 4.74 Å². The van der Waals surface area contributed by atoms with Crippen molar-refractivity contribution >= 4 is 10.0 Å². The highest BCUT2D eigenvalue weighted by atomic mass is 32.2. The molecule has 0 amide bonds. The SMILES string of the molecule is CNS(=O)(=O)c1ccc(CN2CCC3(CC2)OCCC[C@H]3O)cc1. The van der Waals surface area contributed by atoms with Crippen molar-refractivity contribution in [2.75, 3.05) is 26.7 Å². The van der Waals surface area contributed by atoms with Crippen LogP contribution in [0.5, 0.6) is 0 Å². The Morgan fingerprint density at radius 1 is 1.29 bits per heavy atom. The van der Waals surface area contributed by atoms with E-state index in [0.29, 0.717) is 0 Å². The van der Waals surface area contributed by atoms with Crippen molar-refractivity contribution in [3.8, 4) is 0 Å². The average molecular weight is 354 g/mol. The van der Waals surface area contributed by atoms with E-state index in [2.05, 4.69) is 9.62 Å². The smallest absolute Gasteiger partial charge is 0.240 e. The minimum Gasteiger partial charge on any atom is -0.390 e. The van der Waals surface area contributed by atoms with Gasteiger partial charge in [0.15, 0.2) is 0 Å². The van der Waals surface area contributed by atoms with Crippen molar-refractivity contribution in [3.05, 3.63) is 29.8 Å². The molecule has 24 heavy (non-hydrogen) atoms. The summed E-state index contributed by atoms with van der Waals surface area (Å²) in [7, 11) is -1.97. The molecule has 1 aromatic carbocycles. The number of rotatable bonds is 4. The largest absolute Gasteiger partial charge is 0.390 e. The highest BCUT2D eigenvalue weighted by Gasteiger charge is 2.43. The standard InChI is InChI=1S/C17H26N2O4S/c1-18-24(21,22)15-6-4-14(5-7-15)13-19-10-8-17(9-11-19)16(20)3-2-12-23-17/h4-7,16,18,20H,2-3,8-13H2,1H3/t16-/m1/s1. The third-order valence-corrected chi connectivity index (χ3v) is 6.66. The zero-order valence-corrected chi connectivity index (χ0v) is 14.9. The van der Waals surface area contributed by atoms with E-state index in [9.17, 15) is 13.5 Å². The van der Waals surface area contributed by atoms with Gasteiger partial charge in [0.25, 0.3) is 0 Å². The molecule has 1 spiro atoms. The topological polar surface area (TPSA) is 78.9 Å². The van der Waals surface area contributed by atoms with Gasteiger partial charge in [0.2, 0.25) is 10.0 Å². The molecule has 7 heteroatoms. The van der Waals surface area contributed by atoms with Gasteiger partial charge in [-0.2, -0.15) is 0 Å². The second-order valence-electron chi connectivity index (χ2n) is 6.70. The van der Waals surface area contributed by atoms with Gasteiger partial charge in [-0.05, 0) is 50.4 Å². The van der Waals surface area contributed by atoms with Gasteiger partial charge in [-0.1, -0.05) is 12.1 Å². The Balaban J connectivity index is 1.58. The average Bonchev–Trinajstić information content (AvgIpc) is 2.60. The van der Waals surface area contributed by atoms with Crippen molar-refractivity contribution in [1.29, 1.82) is 0 Å². The number of hydrogen-bond acceptors (Lipinski definition) is 5. The highest BCUT2D eigenvalue weighted by Crippen LogP contribution is 2.35. The highest BCUT2D eigenvalue weighted by molar-refractivity contribution is 7.89. The minimum atomic E-state index is -3.38. The third-order valence-electron chi connectivity index (χ3n) is 5.23. The molecule has 2 saturated heterocycles. The number of likely N-dealkylation sites (tertiary alicyclic amines) is 1. The summed E-state index contributed by atoms with van der Waals surface area (Å²) in [6.45, 7) is 3.30. The maximum atomic E-state index is 11.7. The molecule has 1 atom stereocenters. The van der Waals surface area contributed by atoms with Crippen LogP contribution in [0.15, 0.2) is 29.2 Å². The number of sulfonamides is 1. The Hall–Kier alpha value is -0.990. The lowest BCUT2D eigenvalue weighted by Crippen LogP contribution is -2.55. The summed E-state index contributed by atoms with van der Waals surface area (Å²) >= 11 is 0. The predicted molar refractivity (Wildman–Crippen MR) is 91.1 cm³/mol. The van der Waals surface area contributed by atoms with Crippen LogP contribution in [0.4, 0.5) is 0 Å². The van der Waals surface area contributed by atoms with Crippen LogP contribution >= 0.6 is 0 Å². The van der Waals surface area contributed by atoms with E-state index < -0.39 is 10.0 Å². The maximum absolute atomic E-state index is 11.7. The van der Waals surface area contributed by atoms with Crippen molar-refractivity contribution in [2.24, 2.45) is 0 Å². The third kappa shape index (κ3) is 3.65. The molecule has 6 nitrogen and oxygen atoms in total. The van der Waals surface area contributed by atoms with Gasteiger partial charge in [0, 0.05) is 26.2 Å². The van der Waals surface area contributed by atoms with Gasteiger partial charge in [0.1, 0.15) is 0 Å². The molecule has 1 aromatic rings. The molecule has 0 saturated carbocycles. The molecule has 134 valence electrons. The molecule has 0 bridgehead atoms. The van der Waals surface area contributed by atoms with Gasteiger partial charge in [-0.25, -0.2) is 13.1 Å². The first kappa shape index (κ1) is 17.8. The number of ether oxygens (including phenoxy) is 1. The van der Waals surface area contributed by atoms with Gasteiger partial charge < -0.3 is 9.84 Å². The fraction of sp³-hybridized carbons (Fsp3) is 0.647. The summed E-state index contributed by atoms with van der Waals surface area (Å²) in [5, 5.41) is 10.3. The predicted octanol–water partition coefficient (Wildman–Crippen LogP) is 1.10. The number of piperidine rings is 1. The number of hydrogen-bond donors (Lipinski definition) is 2. The van der Waals surface area contributed by atoms with Crippen LogP contribution in [0.2, 0.25) is 0 Å². The molecule has 0 aromatic heterocycles. The maximum Gasteiger partial charge on any atom is 0.240 e. The van der Waals surface area contributed by atoms with Crippen LogP contribution in [-0.2, 0) is 21.3 Å². The van der Waals surface area contributed by atoms with E-state index in [1.165, 1.54) is 7.05 Å². The zero-order valence-electron chi connectivity index (χ0n) is 14.1. The van der Waals surface area contributed by atoms with Crippen LogP contribution in [0.3, 0.4) is 0 Å². The molecule has 0 aliphatic carbocycles. The Labute approximate surface area is 143 Å². The molecule has 0 unspecified atom stereocenters. The summed E-state index contributed by atoms with van der Waals surface area (Å²) in [4.78, 5) is 2.61. The van der Waals surface area contributed by atoms with E-state index in [0.717, 1.165) is 57.5 Å². The molecular formula is C17H26N2O4S.